The minimum absolute atomic E-state index is 0.281. The van der Waals surface area contributed by atoms with Crippen LogP contribution < -0.4 is 0 Å². The summed E-state index contributed by atoms with van der Waals surface area (Å²) in [5, 5.41) is 10.8. The first-order chi connectivity index (χ1) is 8.22. The molecule has 0 saturated carbocycles. The van der Waals surface area contributed by atoms with Gasteiger partial charge in [-0.2, -0.15) is 0 Å². The van der Waals surface area contributed by atoms with Crippen molar-refractivity contribution in [1.82, 2.24) is 4.90 Å². The van der Waals surface area contributed by atoms with Crippen molar-refractivity contribution in [2.45, 2.75) is 38.6 Å². The number of carboxylic acid groups (broad SMARTS) is 1. The maximum Gasteiger partial charge on any atom is 0.303 e. The van der Waals surface area contributed by atoms with Crippen molar-refractivity contribution in [1.29, 1.82) is 0 Å². The van der Waals surface area contributed by atoms with Crippen LogP contribution in [0.4, 0.5) is 0 Å². The van der Waals surface area contributed by atoms with Gasteiger partial charge in [-0.3, -0.25) is 9.69 Å². The van der Waals surface area contributed by atoms with Crippen molar-refractivity contribution in [2.75, 3.05) is 13.1 Å². The van der Waals surface area contributed by atoms with Gasteiger partial charge in [0.25, 0.3) is 0 Å². The molecule has 17 heavy (non-hydrogen) atoms. The maximum atomic E-state index is 10.5. The van der Waals surface area contributed by atoms with Crippen LogP contribution >= 0.6 is 11.3 Å². The summed E-state index contributed by atoms with van der Waals surface area (Å²) < 4.78 is 0. The lowest BCUT2D eigenvalue weighted by Crippen LogP contribution is -2.35. The predicted octanol–water partition coefficient (Wildman–Crippen LogP) is 2.92. The molecule has 1 aromatic rings. The first kappa shape index (κ1) is 12.6. The zero-order chi connectivity index (χ0) is 12.3. The van der Waals surface area contributed by atoms with Crippen LogP contribution in [0.3, 0.4) is 0 Å². The Hall–Kier alpha value is -0.870. The molecule has 0 bridgehead atoms. The Morgan fingerprint density at radius 1 is 1.65 bits per heavy atom. The molecule has 0 fully saturated rings. The Labute approximate surface area is 106 Å². The van der Waals surface area contributed by atoms with Gasteiger partial charge in [-0.05, 0) is 42.8 Å². The maximum absolute atomic E-state index is 10.5. The third kappa shape index (κ3) is 2.87. The van der Waals surface area contributed by atoms with E-state index in [4.69, 9.17) is 5.11 Å². The molecule has 2 rings (SSSR count). The van der Waals surface area contributed by atoms with E-state index in [2.05, 4.69) is 23.3 Å². The minimum Gasteiger partial charge on any atom is -0.481 e. The molecule has 1 atom stereocenters. The van der Waals surface area contributed by atoms with E-state index >= 15 is 0 Å². The molecule has 0 unspecified atom stereocenters. The number of fused-ring (bicyclic) bond motifs is 1. The van der Waals surface area contributed by atoms with Crippen molar-refractivity contribution >= 4 is 17.3 Å². The van der Waals surface area contributed by atoms with Crippen LogP contribution in [0.1, 0.15) is 42.7 Å². The standard InChI is InChI=1S/C13H19NO2S/c1-2-11-10-6-9-17-12(10)5-8-14(11)7-3-4-13(15)16/h6,9,11H,2-5,7-8H2,1H3,(H,15,16)/t11-/m0/s1. The molecule has 0 saturated heterocycles. The normalized spacial score (nSPS) is 20.2. The Kier molecular flexibility index (Phi) is 4.18. The van der Waals surface area contributed by atoms with Crippen LogP contribution in [0.15, 0.2) is 11.4 Å². The number of carbonyl (C=O) groups is 1. The molecular formula is C13H19NO2S. The highest BCUT2D eigenvalue weighted by Gasteiger charge is 2.26. The second-order valence-corrected chi connectivity index (χ2v) is 5.51. The number of thiophene rings is 1. The van der Waals surface area contributed by atoms with Gasteiger partial charge in [0.05, 0.1) is 0 Å². The van der Waals surface area contributed by atoms with E-state index in [9.17, 15) is 4.79 Å². The topological polar surface area (TPSA) is 40.5 Å². The molecule has 1 N–H and O–H groups in total. The van der Waals surface area contributed by atoms with E-state index in [1.54, 1.807) is 0 Å². The van der Waals surface area contributed by atoms with Crippen LogP contribution in [0, 0.1) is 0 Å². The van der Waals surface area contributed by atoms with E-state index in [0.717, 1.165) is 32.4 Å². The van der Waals surface area contributed by atoms with Crippen LogP contribution in [0.25, 0.3) is 0 Å². The first-order valence-electron chi connectivity index (χ1n) is 6.24. The lowest BCUT2D eigenvalue weighted by molar-refractivity contribution is -0.137. The summed E-state index contributed by atoms with van der Waals surface area (Å²) in [6.07, 6.45) is 3.27. The van der Waals surface area contributed by atoms with Crippen LogP contribution in [0.5, 0.6) is 0 Å². The van der Waals surface area contributed by atoms with Crippen LogP contribution in [-0.2, 0) is 11.2 Å². The zero-order valence-electron chi connectivity index (χ0n) is 10.2. The minimum atomic E-state index is -0.689. The summed E-state index contributed by atoms with van der Waals surface area (Å²) in [6, 6.07) is 2.73. The second kappa shape index (κ2) is 5.65. The molecule has 0 aliphatic carbocycles. The summed E-state index contributed by atoms with van der Waals surface area (Å²) in [6.45, 7) is 4.19. The SMILES string of the molecule is CC[C@H]1c2ccsc2CCN1CCCC(=O)O. The number of nitrogens with zero attached hydrogens (tertiary/aromatic N) is 1. The summed E-state index contributed by atoms with van der Waals surface area (Å²) in [4.78, 5) is 14.5. The molecule has 2 heterocycles. The largest absolute Gasteiger partial charge is 0.481 e. The highest BCUT2D eigenvalue weighted by molar-refractivity contribution is 7.10. The number of hydrogen-bond acceptors (Lipinski definition) is 3. The van der Waals surface area contributed by atoms with Gasteiger partial charge in [0.2, 0.25) is 0 Å². The van der Waals surface area contributed by atoms with Gasteiger partial charge in [0, 0.05) is 23.9 Å². The van der Waals surface area contributed by atoms with E-state index in [1.165, 1.54) is 10.4 Å². The van der Waals surface area contributed by atoms with Gasteiger partial charge >= 0.3 is 5.97 Å². The lowest BCUT2D eigenvalue weighted by Gasteiger charge is -2.35. The van der Waals surface area contributed by atoms with Crippen molar-refractivity contribution in [3.8, 4) is 0 Å². The van der Waals surface area contributed by atoms with E-state index in [-0.39, 0.29) is 6.42 Å². The number of carboxylic acids is 1. The Morgan fingerprint density at radius 2 is 2.47 bits per heavy atom. The average molecular weight is 253 g/mol. The van der Waals surface area contributed by atoms with Crippen molar-refractivity contribution < 1.29 is 9.90 Å². The molecule has 0 aromatic carbocycles. The first-order valence-corrected chi connectivity index (χ1v) is 7.12. The van der Waals surface area contributed by atoms with Gasteiger partial charge in [-0.1, -0.05) is 6.92 Å². The summed E-state index contributed by atoms with van der Waals surface area (Å²) >= 11 is 1.85. The third-order valence-corrected chi connectivity index (χ3v) is 4.42. The van der Waals surface area contributed by atoms with Crippen LogP contribution in [-0.4, -0.2) is 29.1 Å². The average Bonchev–Trinajstić information content (AvgIpc) is 2.76. The lowest BCUT2D eigenvalue weighted by atomic mass is 9.97. The molecule has 94 valence electrons. The highest BCUT2D eigenvalue weighted by Crippen LogP contribution is 2.35. The van der Waals surface area contributed by atoms with Gasteiger partial charge in [0.15, 0.2) is 0 Å². The fraction of sp³-hybridized carbons (Fsp3) is 0.615. The van der Waals surface area contributed by atoms with Gasteiger partial charge < -0.3 is 5.11 Å². The molecule has 1 aliphatic rings. The Balaban J connectivity index is 1.97. The van der Waals surface area contributed by atoms with Crippen molar-refractivity contribution in [3.63, 3.8) is 0 Å². The molecule has 0 spiro atoms. The van der Waals surface area contributed by atoms with Gasteiger partial charge in [-0.25, -0.2) is 0 Å². The fourth-order valence-corrected chi connectivity index (χ4v) is 3.56. The molecular weight excluding hydrogens is 234 g/mol. The molecule has 4 heteroatoms. The Morgan fingerprint density at radius 3 is 3.18 bits per heavy atom. The number of hydrogen-bond donors (Lipinski definition) is 1. The number of rotatable bonds is 5. The molecule has 1 aromatic heterocycles. The van der Waals surface area contributed by atoms with Gasteiger partial charge in [-0.15, -0.1) is 11.3 Å². The monoisotopic (exact) mass is 253 g/mol. The smallest absolute Gasteiger partial charge is 0.303 e. The van der Waals surface area contributed by atoms with E-state index in [1.807, 2.05) is 11.3 Å². The molecule has 0 amide bonds. The van der Waals surface area contributed by atoms with Crippen LogP contribution in [0.2, 0.25) is 0 Å². The summed E-state index contributed by atoms with van der Waals surface area (Å²) in [5.41, 5.74) is 1.47. The van der Waals surface area contributed by atoms with Crippen molar-refractivity contribution in [2.24, 2.45) is 0 Å². The zero-order valence-corrected chi connectivity index (χ0v) is 11.0. The molecule has 3 nitrogen and oxygen atoms in total. The number of aliphatic carboxylic acids is 1. The van der Waals surface area contributed by atoms with Gasteiger partial charge in [0.1, 0.15) is 0 Å². The quantitative estimate of drug-likeness (QED) is 0.877. The highest BCUT2D eigenvalue weighted by atomic mass is 32.1. The van der Waals surface area contributed by atoms with Crippen molar-refractivity contribution in [3.05, 3.63) is 21.9 Å². The molecule has 0 radical (unpaired) electrons. The fourth-order valence-electron chi connectivity index (χ4n) is 2.63. The second-order valence-electron chi connectivity index (χ2n) is 4.51. The summed E-state index contributed by atoms with van der Waals surface area (Å²) in [5.74, 6) is -0.689. The Bertz CT molecular complexity index is 389. The third-order valence-electron chi connectivity index (χ3n) is 3.43. The predicted molar refractivity (Wildman–Crippen MR) is 69.5 cm³/mol. The van der Waals surface area contributed by atoms with E-state index in [0.29, 0.717) is 6.04 Å². The summed E-state index contributed by atoms with van der Waals surface area (Å²) in [7, 11) is 0. The van der Waals surface area contributed by atoms with E-state index < -0.39 is 5.97 Å². The molecule has 1 aliphatic heterocycles.